The summed E-state index contributed by atoms with van der Waals surface area (Å²) in [5, 5.41) is 16.8. The Morgan fingerprint density at radius 3 is 1.95 bits per heavy atom. The maximum absolute atomic E-state index is 5.63. The third-order valence-electron chi connectivity index (χ3n) is 13.2. The van der Waals surface area contributed by atoms with Crippen LogP contribution < -0.4 is 0 Å². The summed E-state index contributed by atoms with van der Waals surface area (Å²) in [6.45, 7) is 0. The largest absolute Gasteiger partial charge is 0.308 e. The number of para-hydroxylation sites is 1. The van der Waals surface area contributed by atoms with E-state index in [1.54, 1.807) is 11.3 Å². The number of fused-ring (bicyclic) bond motifs is 13. The molecule has 286 valence electrons. The zero-order valence-corrected chi connectivity index (χ0v) is 34.1. The lowest BCUT2D eigenvalue weighted by Gasteiger charge is -2.16. The predicted molar refractivity (Wildman–Crippen MR) is 264 cm³/mol. The van der Waals surface area contributed by atoms with E-state index < -0.39 is 0 Å². The number of benzene rings is 10. The SMILES string of the molecule is c1ccc(-c2cccc(-c3nc(-c4ccc5c6c(-c7cccc8sccc78)cc7cccc8c9ccccc9n(c5c4)c6c78)nc4c5ccccc5c5ccccc5c34)c2)cc1. The number of pyridine rings is 1. The number of thiophene rings is 1. The van der Waals surface area contributed by atoms with Crippen molar-refractivity contribution in [2.45, 2.75) is 0 Å². The summed E-state index contributed by atoms with van der Waals surface area (Å²) < 4.78 is 3.82. The number of rotatable bonds is 4. The topological polar surface area (TPSA) is 30.2 Å². The molecule has 0 aliphatic carbocycles. The molecule has 3 nitrogen and oxygen atoms in total. The smallest absolute Gasteiger partial charge is 0.160 e. The van der Waals surface area contributed by atoms with Crippen molar-refractivity contribution < 1.29 is 0 Å². The molecule has 0 radical (unpaired) electrons. The van der Waals surface area contributed by atoms with Crippen LogP contribution in [-0.2, 0) is 0 Å². The van der Waals surface area contributed by atoms with E-state index in [2.05, 4.69) is 204 Å². The zero-order valence-electron chi connectivity index (χ0n) is 33.3. The van der Waals surface area contributed by atoms with Gasteiger partial charge in [-0.2, -0.15) is 0 Å². The van der Waals surface area contributed by atoms with Crippen LogP contribution >= 0.6 is 11.3 Å². The number of aromatic nitrogens is 3. The predicted octanol–water partition coefficient (Wildman–Crippen LogP) is 16.1. The van der Waals surface area contributed by atoms with E-state index in [0.29, 0.717) is 5.82 Å². The number of hydrogen-bond acceptors (Lipinski definition) is 3. The quantitative estimate of drug-likeness (QED) is 0.131. The van der Waals surface area contributed by atoms with Gasteiger partial charge in [-0.25, -0.2) is 9.97 Å². The van der Waals surface area contributed by atoms with Crippen molar-refractivity contribution in [3.8, 4) is 44.9 Å². The second-order valence-electron chi connectivity index (χ2n) is 16.4. The molecule has 0 saturated heterocycles. The fraction of sp³-hybridized carbons (Fsp3) is 0. The molecule has 10 aromatic carbocycles. The summed E-state index contributed by atoms with van der Waals surface area (Å²) in [5.41, 5.74) is 12.3. The second kappa shape index (κ2) is 12.8. The molecule has 0 amide bonds. The molecule has 0 aliphatic rings. The summed E-state index contributed by atoms with van der Waals surface area (Å²) in [4.78, 5) is 11.2. The van der Waals surface area contributed by atoms with Crippen molar-refractivity contribution in [1.82, 2.24) is 14.4 Å². The lowest BCUT2D eigenvalue weighted by atomic mass is 9.91. The molecular formula is C58H33N3S. The van der Waals surface area contributed by atoms with Gasteiger partial charge in [0.1, 0.15) is 0 Å². The van der Waals surface area contributed by atoms with Crippen LogP contribution in [0.25, 0.3) is 136 Å². The summed E-state index contributed by atoms with van der Waals surface area (Å²) in [5.74, 6) is 0.705. The third-order valence-corrected chi connectivity index (χ3v) is 14.1. The Labute approximate surface area is 359 Å². The molecule has 0 fully saturated rings. The van der Waals surface area contributed by atoms with Crippen molar-refractivity contribution in [2.75, 3.05) is 0 Å². The first-order valence-corrected chi connectivity index (χ1v) is 22.0. The van der Waals surface area contributed by atoms with Gasteiger partial charge in [-0.15, -0.1) is 11.3 Å². The number of hydrogen-bond donors (Lipinski definition) is 0. The number of nitrogens with zero attached hydrogens (tertiary/aromatic N) is 3. The first kappa shape index (κ1) is 33.9. The highest BCUT2D eigenvalue weighted by Crippen LogP contribution is 2.48. The standard InChI is InChI=1S/C58H33N3S/c1-2-13-34(14-3-1)35-15-10-17-37(31-35)55-54-44-21-6-4-18-39(44)40-19-5-7-22-46(40)56(54)60-58(59-55)38-27-28-47-50(33-38)61-49-25-9-8-20-42(49)45-24-11-16-36-32-48(53(47)57(61)52(36)45)41-23-12-26-51-43(41)29-30-62-51/h1-33H. The van der Waals surface area contributed by atoms with E-state index in [0.717, 1.165) is 49.6 Å². The molecule has 14 aromatic rings. The Balaban J connectivity index is 1.12. The Morgan fingerprint density at radius 1 is 0.371 bits per heavy atom. The van der Waals surface area contributed by atoms with Crippen molar-refractivity contribution in [3.05, 3.63) is 200 Å². The van der Waals surface area contributed by atoms with Crippen molar-refractivity contribution in [1.29, 1.82) is 0 Å². The minimum absolute atomic E-state index is 0.705. The van der Waals surface area contributed by atoms with Gasteiger partial charge in [0.2, 0.25) is 0 Å². The van der Waals surface area contributed by atoms with Crippen LogP contribution in [0, 0.1) is 0 Å². The Bertz CT molecular complexity index is 4160. The molecule has 0 saturated carbocycles. The molecule has 0 unspecified atom stereocenters. The first-order chi connectivity index (χ1) is 30.8. The molecule has 62 heavy (non-hydrogen) atoms. The molecule has 4 heteroatoms. The highest BCUT2D eigenvalue weighted by atomic mass is 32.1. The van der Waals surface area contributed by atoms with E-state index in [9.17, 15) is 0 Å². The van der Waals surface area contributed by atoms with E-state index in [-0.39, 0.29) is 0 Å². The molecular weight excluding hydrogens is 771 g/mol. The lowest BCUT2D eigenvalue weighted by Crippen LogP contribution is -1.98. The fourth-order valence-corrected chi connectivity index (χ4v) is 11.3. The maximum atomic E-state index is 5.63. The van der Waals surface area contributed by atoms with Crippen LogP contribution in [0.4, 0.5) is 0 Å². The van der Waals surface area contributed by atoms with Gasteiger partial charge in [-0.1, -0.05) is 158 Å². The first-order valence-electron chi connectivity index (χ1n) is 21.1. The van der Waals surface area contributed by atoms with Crippen molar-refractivity contribution in [2.24, 2.45) is 0 Å². The van der Waals surface area contributed by atoms with Gasteiger partial charge in [0.05, 0.1) is 27.8 Å². The molecule has 0 spiro atoms. The Kier molecular flexibility index (Phi) is 6.99. The van der Waals surface area contributed by atoms with Gasteiger partial charge < -0.3 is 4.40 Å². The molecule has 4 aromatic heterocycles. The van der Waals surface area contributed by atoms with Crippen LogP contribution in [0.1, 0.15) is 0 Å². The molecule has 14 rings (SSSR count). The van der Waals surface area contributed by atoms with Crippen LogP contribution in [0.5, 0.6) is 0 Å². The minimum atomic E-state index is 0.705. The van der Waals surface area contributed by atoms with E-state index in [1.807, 2.05) is 0 Å². The third kappa shape index (κ3) is 4.70. The van der Waals surface area contributed by atoms with Crippen molar-refractivity contribution >= 4 is 103 Å². The van der Waals surface area contributed by atoms with Crippen LogP contribution in [0.3, 0.4) is 0 Å². The van der Waals surface area contributed by atoms with Crippen LogP contribution in [0.15, 0.2) is 200 Å². The van der Waals surface area contributed by atoms with Gasteiger partial charge in [-0.05, 0) is 91.0 Å². The van der Waals surface area contributed by atoms with E-state index >= 15 is 0 Å². The molecule has 0 aliphatic heterocycles. The zero-order chi connectivity index (χ0) is 40.5. The molecule has 4 heterocycles. The van der Waals surface area contributed by atoms with Crippen LogP contribution in [-0.4, -0.2) is 14.4 Å². The van der Waals surface area contributed by atoms with Gasteiger partial charge in [0.25, 0.3) is 0 Å². The van der Waals surface area contributed by atoms with Crippen molar-refractivity contribution in [3.63, 3.8) is 0 Å². The maximum Gasteiger partial charge on any atom is 0.160 e. The van der Waals surface area contributed by atoms with E-state index in [4.69, 9.17) is 9.97 Å². The summed E-state index contributed by atoms with van der Waals surface area (Å²) in [6, 6.07) is 70.8. The second-order valence-corrected chi connectivity index (χ2v) is 17.4. The summed E-state index contributed by atoms with van der Waals surface area (Å²) >= 11 is 1.80. The van der Waals surface area contributed by atoms with E-state index in [1.165, 1.54) is 80.9 Å². The monoisotopic (exact) mass is 803 g/mol. The van der Waals surface area contributed by atoms with Gasteiger partial charge in [-0.3, -0.25) is 0 Å². The average Bonchev–Trinajstić information content (AvgIpc) is 3.97. The normalized spacial score (nSPS) is 12.2. The molecule has 0 atom stereocenters. The van der Waals surface area contributed by atoms with Crippen LogP contribution in [0.2, 0.25) is 0 Å². The van der Waals surface area contributed by atoms with Gasteiger partial charge in [0, 0.05) is 53.5 Å². The Morgan fingerprint density at radius 2 is 1.06 bits per heavy atom. The van der Waals surface area contributed by atoms with Gasteiger partial charge >= 0.3 is 0 Å². The Hall–Kier alpha value is -7.92. The summed E-state index contributed by atoms with van der Waals surface area (Å²) in [6.07, 6.45) is 0. The highest BCUT2D eigenvalue weighted by Gasteiger charge is 2.24. The average molecular weight is 804 g/mol. The summed E-state index contributed by atoms with van der Waals surface area (Å²) in [7, 11) is 0. The molecule has 0 N–H and O–H groups in total. The lowest BCUT2D eigenvalue weighted by molar-refractivity contribution is 1.24. The highest BCUT2D eigenvalue weighted by molar-refractivity contribution is 7.17. The molecule has 0 bridgehead atoms. The fourth-order valence-electron chi connectivity index (χ4n) is 10.5. The van der Waals surface area contributed by atoms with Gasteiger partial charge in [0.15, 0.2) is 5.82 Å². The minimum Gasteiger partial charge on any atom is -0.308 e.